The van der Waals surface area contributed by atoms with Crippen LogP contribution in [0.1, 0.15) is 25.0 Å². The van der Waals surface area contributed by atoms with E-state index in [-0.39, 0.29) is 5.78 Å². The van der Waals surface area contributed by atoms with Crippen LogP contribution in [0.2, 0.25) is 0 Å². The molecule has 0 saturated heterocycles. The number of hydrogen-bond acceptors (Lipinski definition) is 4. The molecular weight excluding hydrogens is 182 g/mol. The number of rotatable bonds is 4. The summed E-state index contributed by atoms with van der Waals surface area (Å²) in [5.74, 6) is -0.152. The minimum Gasteiger partial charge on any atom is -0.386 e. The second-order valence-electron chi connectivity index (χ2n) is 3.24. The van der Waals surface area contributed by atoms with Gasteiger partial charge < -0.3 is 10.8 Å². The van der Waals surface area contributed by atoms with Gasteiger partial charge in [0.25, 0.3) is 0 Å². The summed E-state index contributed by atoms with van der Waals surface area (Å²) in [7, 11) is 1.74. The molecule has 0 radical (unpaired) electrons. The zero-order chi connectivity index (χ0) is 10.7. The Morgan fingerprint density at radius 2 is 2.43 bits per heavy atom. The van der Waals surface area contributed by atoms with Crippen molar-refractivity contribution in [1.29, 1.82) is 0 Å². The molecule has 0 aliphatic heterocycles. The maximum atomic E-state index is 11.2. The van der Waals surface area contributed by atoms with Gasteiger partial charge in [-0.25, -0.2) is 0 Å². The molecule has 0 amide bonds. The molecule has 3 N–H and O–H groups in total. The summed E-state index contributed by atoms with van der Waals surface area (Å²) in [4.78, 5) is 11.2. The van der Waals surface area contributed by atoms with Crippen molar-refractivity contribution >= 4 is 5.78 Å². The highest BCUT2D eigenvalue weighted by Crippen LogP contribution is 2.15. The van der Waals surface area contributed by atoms with Crippen molar-refractivity contribution in [2.75, 3.05) is 0 Å². The average molecular weight is 197 g/mol. The average Bonchev–Trinajstić information content (AvgIpc) is 2.61. The van der Waals surface area contributed by atoms with Gasteiger partial charge in [-0.1, -0.05) is 6.92 Å². The fraction of sp³-hybridized carbons (Fsp3) is 0.556. The molecular formula is C9H15N3O2. The molecule has 5 nitrogen and oxygen atoms in total. The van der Waals surface area contributed by atoms with E-state index in [1.165, 1.54) is 6.20 Å². The van der Waals surface area contributed by atoms with Gasteiger partial charge in [0.1, 0.15) is 6.10 Å². The van der Waals surface area contributed by atoms with Gasteiger partial charge in [0.05, 0.1) is 12.2 Å². The molecule has 14 heavy (non-hydrogen) atoms. The molecule has 2 unspecified atom stereocenters. The number of aliphatic hydroxyl groups is 1. The monoisotopic (exact) mass is 197 g/mol. The van der Waals surface area contributed by atoms with Crippen LogP contribution >= 0.6 is 0 Å². The van der Waals surface area contributed by atoms with E-state index in [1.54, 1.807) is 24.9 Å². The third kappa shape index (κ3) is 2.18. The molecule has 5 heteroatoms. The Balaban J connectivity index is 2.74. The summed E-state index contributed by atoms with van der Waals surface area (Å²) in [5, 5.41) is 13.6. The molecule has 0 spiro atoms. The SMILES string of the molecule is CCC(=O)C(N)C(O)c1cnn(C)c1. The molecule has 1 heterocycles. The Hall–Kier alpha value is -1.20. The topological polar surface area (TPSA) is 81.1 Å². The lowest BCUT2D eigenvalue weighted by molar-refractivity contribution is -0.122. The van der Waals surface area contributed by atoms with Crippen molar-refractivity contribution in [3.05, 3.63) is 18.0 Å². The maximum Gasteiger partial charge on any atom is 0.152 e. The molecule has 0 aliphatic rings. The maximum absolute atomic E-state index is 11.2. The second kappa shape index (κ2) is 4.34. The molecule has 0 aliphatic carbocycles. The van der Waals surface area contributed by atoms with Crippen LogP contribution in [0.4, 0.5) is 0 Å². The van der Waals surface area contributed by atoms with E-state index in [1.807, 2.05) is 0 Å². The number of ketones is 1. The first-order valence-electron chi connectivity index (χ1n) is 4.51. The molecule has 2 atom stereocenters. The first-order valence-corrected chi connectivity index (χ1v) is 4.51. The Morgan fingerprint density at radius 3 is 2.86 bits per heavy atom. The fourth-order valence-electron chi connectivity index (χ4n) is 1.21. The van der Waals surface area contributed by atoms with E-state index < -0.39 is 12.1 Å². The van der Waals surface area contributed by atoms with E-state index in [4.69, 9.17) is 5.73 Å². The zero-order valence-electron chi connectivity index (χ0n) is 8.34. The summed E-state index contributed by atoms with van der Waals surface area (Å²) in [6.07, 6.45) is 2.52. The zero-order valence-corrected chi connectivity index (χ0v) is 8.34. The van der Waals surface area contributed by atoms with Gasteiger partial charge in [-0.15, -0.1) is 0 Å². The third-order valence-electron chi connectivity index (χ3n) is 2.13. The van der Waals surface area contributed by atoms with E-state index in [2.05, 4.69) is 5.10 Å². The lowest BCUT2D eigenvalue weighted by Gasteiger charge is -2.15. The molecule has 0 fully saturated rings. The number of hydrogen-bond donors (Lipinski definition) is 2. The van der Waals surface area contributed by atoms with Gasteiger partial charge in [0.2, 0.25) is 0 Å². The summed E-state index contributed by atoms with van der Waals surface area (Å²) in [6, 6.07) is -0.857. The van der Waals surface area contributed by atoms with Crippen LogP contribution in [0, 0.1) is 0 Å². The third-order valence-corrected chi connectivity index (χ3v) is 2.13. The van der Waals surface area contributed by atoms with Crippen LogP contribution < -0.4 is 5.73 Å². The molecule has 0 aromatic carbocycles. The lowest BCUT2D eigenvalue weighted by Crippen LogP contribution is -2.36. The number of carbonyl (C=O) groups excluding carboxylic acids is 1. The highest BCUT2D eigenvalue weighted by molar-refractivity contribution is 5.84. The minimum absolute atomic E-state index is 0.152. The Bertz CT molecular complexity index is 322. The second-order valence-corrected chi connectivity index (χ2v) is 3.24. The predicted molar refractivity (Wildman–Crippen MR) is 51.4 cm³/mol. The number of aliphatic hydroxyl groups excluding tert-OH is 1. The van der Waals surface area contributed by atoms with Crippen LogP contribution in [0.5, 0.6) is 0 Å². The molecule has 0 saturated carbocycles. The van der Waals surface area contributed by atoms with Gasteiger partial charge in [-0.3, -0.25) is 9.48 Å². The Kier molecular flexibility index (Phi) is 3.38. The Morgan fingerprint density at radius 1 is 1.79 bits per heavy atom. The van der Waals surface area contributed by atoms with E-state index in [0.717, 1.165) is 0 Å². The summed E-state index contributed by atoms with van der Waals surface area (Å²) >= 11 is 0. The van der Waals surface area contributed by atoms with Crippen molar-refractivity contribution in [3.8, 4) is 0 Å². The van der Waals surface area contributed by atoms with Gasteiger partial charge in [-0.05, 0) is 0 Å². The van der Waals surface area contributed by atoms with Crippen molar-refractivity contribution in [1.82, 2.24) is 9.78 Å². The first-order chi connectivity index (χ1) is 6.56. The van der Waals surface area contributed by atoms with E-state index in [9.17, 15) is 9.90 Å². The number of nitrogens with two attached hydrogens (primary N) is 1. The van der Waals surface area contributed by atoms with Crippen molar-refractivity contribution < 1.29 is 9.90 Å². The highest BCUT2D eigenvalue weighted by atomic mass is 16.3. The molecule has 78 valence electrons. The number of aryl methyl sites for hydroxylation is 1. The van der Waals surface area contributed by atoms with Crippen LogP contribution in [0.3, 0.4) is 0 Å². The van der Waals surface area contributed by atoms with Crippen LogP contribution in [-0.2, 0) is 11.8 Å². The van der Waals surface area contributed by atoms with Crippen LogP contribution in [0.15, 0.2) is 12.4 Å². The fourth-order valence-corrected chi connectivity index (χ4v) is 1.21. The van der Waals surface area contributed by atoms with Gasteiger partial charge in [0, 0.05) is 25.2 Å². The summed E-state index contributed by atoms with van der Waals surface area (Å²) < 4.78 is 1.56. The van der Waals surface area contributed by atoms with Crippen molar-refractivity contribution in [2.45, 2.75) is 25.5 Å². The smallest absolute Gasteiger partial charge is 0.152 e. The minimum atomic E-state index is -0.962. The first kappa shape index (κ1) is 10.9. The standard InChI is InChI=1S/C9H15N3O2/c1-3-7(13)8(10)9(14)6-4-11-12(2)5-6/h4-5,8-9,14H,3,10H2,1-2H3. The normalized spacial score (nSPS) is 15.1. The summed E-state index contributed by atoms with van der Waals surface area (Å²) in [6.45, 7) is 1.72. The largest absolute Gasteiger partial charge is 0.386 e. The van der Waals surface area contributed by atoms with Crippen LogP contribution in [0.25, 0.3) is 0 Å². The van der Waals surface area contributed by atoms with Gasteiger partial charge in [-0.2, -0.15) is 5.10 Å². The van der Waals surface area contributed by atoms with Crippen molar-refractivity contribution in [2.24, 2.45) is 12.8 Å². The number of aromatic nitrogens is 2. The molecule has 1 aromatic heterocycles. The quantitative estimate of drug-likeness (QED) is 0.698. The van der Waals surface area contributed by atoms with Crippen molar-refractivity contribution in [3.63, 3.8) is 0 Å². The highest BCUT2D eigenvalue weighted by Gasteiger charge is 2.23. The molecule has 1 aromatic rings. The van der Waals surface area contributed by atoms with Gasteiger partial charge >= 0.3 is 0 Å². The molecule has 1 rings (SSSR count). The van der Waals surface area contributed by atoms with Gasteiger partial charge in [0.15, 0.2) is 5.78 Å². The number of carbonyl (C=O) groups is 1. The van der Waals surface area contributed by atoms with E-state index in [0.29, 0.717) is 12.0 Å². The van der Waals surface area contributed by atoms with E-state index >= 15 is 0 Å². The van der Waals surface area contributed by atoms with Crippen LogP contribution in [-0.4, -0.2) is 26.7 Å². The predicted octanol–water partition coefficient (Wildman–Crippen LogP) is -0.240. The summed E-state index contributed by atoms with van der Waals surface area (Å²) in [5.41, 5.74) is 6.15. The Labute approximate surface area is 82.5 Å². The number of nitrogens with zero attached hydrogens (tertiary/aromatic N) is 2. The number of Topliss-reactive ketones (excluding diaryl/α,β-unsaturated/α-hetero) is 1. The molecule has 0 bridgehead atoms. The lowest BCUT2D eigenvalue weighted by atomic mass is 10.0.